The number of nitrogens with zero attached hydrogens (tertiary/aromatic N) is 1. The maximum absolute atomic E-state index is 4.69. The van der Waals surface area contributed by atoms with Gasteiger partial charge in [-0.15, -0.1) is 11.3 Å². The molecule has 1 heterocycles. The summed E-state index contributed by atoms with van der Waals surface area (Å²) in [7, 11) is 0. The molecule has 2 aliphatic carbocycles. The van der Waals surface area contributed by atoms with E-state index in [2.05, 4.69) is 10.7 Å². The van der Waals surface area contributed by atoms with Crippen LogP contribution in [0, 0.1) is 5.92 Å². The molecule has 2 saturated carbocycles. The van der Waals surface area contributed by atoms with E-state index in [9.17, 15) is 0 Å². The van der Waals surface area contributed by atoms with Crippen LogP contribution in [-0.4, -0.2) is 11.5 Å². The van der Waals surface area contributed by atoms with E-state index in [0.717, 1.165) is 18.4 Å². The first-order valence-electron chi connectivity index (χ1n) is 6.57. The first-order valence-corrected chi connectivity index (χ1v) is 7.45. The molecule has 16 heavy (non-hydrogen) atoms. The molecule has 0 saturated heterocycles. The van der Waals surface area contributed by atoms with Crippen molar-refractivity contribution in [2.45, 2.75) is 51.0 Å². The van der Waals surface area contributed by atoms with Crippen molar-refractivity contribution in [3.63, 3.8) is 0 Å². The quantitative estimate of drug-likeness (QED) is 0.848. The minimum Gasteiger partial charge on any atom is -0.310 e. The zero-order valence-electron chi connectivity index (χ0n) is 9.74. The molecule has 2 nitrogen and oxygen atoms in total. The van der Waals surface area contributed by atoms with Crippen LogP contribution in [0.2, 0.25) is 0 Å². The molecule has 0 amide bonds. The lowest BCUT2D eigenvalue weighted by Gasteiger charge is -2.08. The number of aromatic nitrogens is 1. The fourth-order valence-electron chi connectivity index (χ4n) is 2.57. The third-order valence-electron chi connectivity index (χ3n) is 3.75. The summed E-state index contributed by atoms with van der Waals surface area (Å²) in [6.07, 6.45) is 8.46. The summed E-state index contributed by atoms with van der Waals surface area (Å²) in [5.41, 5.74) is 1.35. The van der Waals surface area contributed by atoms with Crippen LogP contribution in [0.5, 0.6) is 0 Å². The summed E-state index contributed by atoms with van der Waals surface area (Å²) in [6, 6.07) is 0. The smallest absolute Gasteiger partial charge is 0.107 e. The van der Waals surface area contributed by atoms with E-state index in [-0.39, 0.29) is 0 Å². The van der Waals surface area contributed by atoms with E-state index in [1.54, 1.807) is 0 Å². The molecule has 3 heteroatoms. The third-order valence-corrected chi connectivity index (χ3v) is 4.62. The maximum Gasteiger partial charge on any atom is 0.107 e. The van der Waals surface area contributed by atoms with Crippen LogP contribution in [0.15, 0.2) is 5.38 Å². The minimum absolute atomic E-state index is 0.805. The average Bonchev–Trinajstić information content (AvgIpc) is 2.83. The molecule has 1 N–H and O–H groups in total. The second-order valence-corrected chi connectivity index (χ2v) is 6.16. The Hall–Kier alpha value is -0.410. The Morgan fingerprint density at radius 2 is 2.06 bits per heavy atom. The van der Waals surface area contributed by atoms with Crippen molar-refractivity contribution in [2.75, 3.05) is 6.54 Å². The Morgan fingerprint density at radius 3 is 2.81 bits per heavy atom. The van der Waals surface area contributed by atoms with Crippen LogP contribution >= 0.6 is 11.3 Å². The van der Waals surface area contributed by atoms with Gasteiger partial charge in [0.2, 0.25) is 0 Å². The molecule has 0 radical (unpaired) electrons. The summed E-state index contributed by atoms with van der Waals surface area (Å²) < 4.78 is 0. The van der Waals surface area contributed by atoms with Crippen molar-refractivity contribution in [2.24, 2.45) is 5.92 Å². The van der Waals surface area contributed by atoms with Crippen LogP contribution in [0.3, 0.4) is 0 Å². The maximum atomic E-state index is 4.69. The topological polar surface area (TPSA) is 24.9 Å². The molecule has 88 valence electrons. The highest BCUT2D eigenvalue weighted by Crippen LogP contribution is 2.40. The fourth-order valence-corrected chi connectivity index (χ4v) is 3.42. The number of hydrogen-bond acceptors (Lipinski definition) is 3. The summed E-state index contributed by atoms with van der Waals surface area (Å²) >= 11 is 1.83. The van der Waals surface area contributed by atoms with Gasteiger partial charge in [0.15, 0.2) is 0 Å². The lowest BCUT2D eigenvalue weighted by Crippen LogP contribution is -2.20. The first-order chi connectivity index (χ1) is 7.92. The molecule has 0 aromatic carbocycles. The highest BCUT2D eigenvalue weighted by Gasteiger charge is 2.25. The van der Waals surface area contributed by atoms with E-state index in [1.165, 1.54) is 55.8 Å². The predicted octanol–water partition coefficient (Wildman–Crippen LogP) is 3.30. The number of nitrogens with one attached hydrogen (secondary N) is 1. The van der Waals surface area contributed by atoms with Crippen molar-refractivity contribution in [1.29, 1.82) is 0 Å². The van der Waals surface area contributed by atoms with Crippen LogP contribution < -0.4 is 5.32 Å². The molecule has 0 atom stereocenters. The zero-order chi connectivity index (χ0) is 10.8. The third kappa shape index (κ3) is 2.64. The van der Waals surface area contributed by atoms with Crippen molar-refractivity contribution in [3.8, 4) is 0 Å². The normalized spacial score (nSPS) is 21.8. The van der Waals surface area contributed by atoms with Gasteiger partial charge >= 0.3 is 0 Å². The van der Waals surface area contributed by atoms with Crippen molar-refractivity contribution < 1.29 is 0 Å². The molecule has 3 rings (SSSR count). The van der Waals surface area contributed by atoms with Crippen molar-refractivity contribution in [3.05, 3.63) is 16.1 Å². The summed E-state index contributed by atoms with van der Waals surface area (Å²) in [5.74, 6) is 1.74. The average molecular weight is 236 g/mol. The Kier molecular flexibility index (Phi) is 3.25. The zero-order valence-corrected chi connectivity index (χ0v) is 10.6. The lowest BCUT2D eigenvalue weighted by molar-refractivity contribution is 0.489. The highest BCUT2D eigenvalue weighted by atomic mass is 32.1. The second kappa shape index (κ2) is 4.84. The fraction of sp³-hybridized carbons (Fsp3) is 0.769. The second-order valence-electron chi connectivity index (χ2n) is 5.22. The van der Waals surface area contributed by atoms with Crippen molar-refractivity contribution >= 4 is 11.3 Å². The molecule has 0 unspecified atom stereocenters. The highest BCUT2D eigenvalue weighted by molar-refractivity contribution is 7.09. The van der Waals surface area contributed by atoms with Crippen LogP contribution in [0.25, 0.3) is 0 Å². The standard InChI is InChI=1S/C13H20N2S/c1-2-4-10(3-1)7-14-8-13-15-12(9-16-13)11-5-6-11/h9-11,14H,1-8H2. The molecule has 0 aliphatic heterocycles. The van der Waals surface area contributed by atoms with Gasteiger partial charge < -0.3 is 5.32 Å². The monoisotopic (exact) mass is 236 g/mol. The van der Waals surface area contributed by atoms with Crippen LogP contribution in [-0.2, 0) is 6.54 Å². The summed E-state index contributed by atoms with van der Waals surface area (Å²) in [6.45, 7) is 2.17. The van der Waals surface area contributed by atoms with E-state index in [0.29, 0.717) is 0 Å². The summed E-state index contributed by atoms with van der Waals surface area (Å²) in [4.78, 5) is 4.69. The Balaban J connectivity index is 1.42. The number of hydrogen-bond donors (Lipinski definition) is 1. The van der Waals surface area contributed by atoms with Gasteiger partial charge in [0.05, 0.1) is 5.69 Å². The van der Waals surface area contributed by atoms with Gasteiger partial charge in [-0.05, 0) is 38.1 Å². The SMILES string of the molecule is c1sc(CNCC2CCCC2)nc1C1CC1. The lowest BCUT2D eigenvalue weighted by atomic mass is 10.1. The minimum atomic E-state index is 0.805. The Morgan fingerprint density at radius 1 is 1.25 bits per heavy atom. The van der Waals surface area contributed by atoms with Crippen LogP contribution in [0.4, 0.5) is 0 Å². The molecule has 0 bridgehead atoms. The Bertz CT molecular complexity index is 337. The van der Waals surface area contributed by atoms with E-state index in [4.69, 9.17) is 4.98 Å². The predicted molar refractivity (Wildman–Crippen MR) is 67.8 cm³/mol. The molecule has 1 aromatic heterocycles. The number of rotatable bonds is 5. The molecule has 2 fully saturated rings. The van der Waals surface area contributed by atoms with Gasteiger partial charge in [0, 0.05) is 17.8 Å². The number of thiazole rings is 1. The van der Waals surface area contributed by atoms with E-state index in [1.807, 2.05) is 11.3 Å². The molecule has 0 spiro atoms. The van der Waals surface area contributed by atoms with Gasteiger partial charge in [-0.2, -0.15) is 0 Å². The van der Waals surface area contributed by atoms with Crippen LogP contribution in [0.1, 0.15) is 55.1 Å². The van der Waals surface area contributed by atoms with Crippen molar-refractivity contribution in [1.82, 2.24) is 10.3 Å². The van der Waals surface area contributed by atoms with Gasteiger partial charge in [-0.3, -0.25) is 0 Å². The largest absolute Gasteiger partial charge is 0.310 e. The Labute approximate surface area is 101 Å². The van der Waals surface area contributed by atoms with Gasteiger partial charge in [-0.1, -0.05) is 12.8 Å². The van der Waals surface area contributed by atoms with E-state index >= 15 is 0 Å². The molecular formula is C13H20N2S. The molecule has 1 aromatic rings. The van der Waals surface area contributed by atoms with Gasteiger partial charge in [-0.25, -0.2) is 4.98 Å². The van der Waals surface area contributed by atoms with Gasteiger partial charge in [0.25, 0.3) is 0 Å². The van der Waals surface area contributed by atoms with Gasteiger partial charge in [0.1, 0.15) is 5.01 Å². The van der Waals surface area contributed by atoms with E-state index < -0.39 is 0 Å². The summed E-state index contributed by atoms with van der Waals surface area (Å²) in [5, 5.41) is 7.10. The molecule has 2 aliphatic rings. The molecular weight excluding hydrogens is 216 g/mol. The first kappa shape index (κ1) is 10.7.